The van der Waals surface area contributed by atoms with E-state index in [2.05, 4.69) is 76.3 Å². The number of carbonyl (C=O) groups excluding carboxylic acids is 4. The molecule has 0 aromatic rings. The van der Waals surface area contributed by atoms with Crippen molar-refractivity contribution in [1.82, 2.24) is 0 Å². The molecular formula is C77H142O17P2. The van der Waals surface area contributed by atoms with E-state index in [9.17, 15) is 43.2 Å². The smallest absolute Gasteiger partial charge is 0.462 e. The fourth-order valence-electron chi connectivity index (χ4n) is 10.8. The number of carbonyl (C=O) groups is 4. The number of phosphoric ester groups is 2. The van der Waals surface area contributed by atoms with Crippen LogP contribution in [0.3, 0.4) is 0 Å². The molecular weight excluding hydrogens is 1260 g/mol. The van der Waals surface area contributed by atoms with Gasteiger partial charge in [-0.15, -0.1) is 0 Å². The van der Waals surface area contributed by atoms with Crippen LogP contribution in [0, 0.1) is 0 Å². The summed E-state index contributed by atoms with van der Waals surface area (Å²) in [5, 5.41) is 10.6. The zero-order chi connectivity index (χ0) is 70.4. The molecule has 0 saturated heterocycles. The average Bonchev–Trinajstić information content (AvgIpc) is 1.98. The molecule has 0 amide bonds. The molecule has 0 radical (unpaired) electrons. The molecule has 96 heavy (non-hydrogen) atoms. The quantitative estimate of drug-likeness (QED) is 0.0169. The molecule has 0 saturated carbocycles. The van der Waals surface area contributed by atoms with Crippen LogP contribution in [-0.2, 0) is 65.4 Å². The summed E-state index contributed by atoms with van der Waals surface area (Å²) in [6.45, 7) is 4.84. The van der Waals surface area contributed by atoms with Crippen LogP contribution in [0.25, 0.3) is 0 Å². The summed E-state index contributed by atoms with van der Waals surface area (Å²) in [5.41, 5.74) is 0. The van der Waals surface area contributed by atoms with Crippen molar-refractivity contribution < 1.29 is 80.2 Å². The molecule has 0 aliphatic carbocycles. The second-order valence-corrected chi connectivity index (χ2v) is 29.2. The molecule has 0 aromatic carbocycles. The van der Waals surface area contributed by atoms with Crippen LogP contribution in [0.15, 0.2) is 48.6 Å². The van der Waals surface area contributed by atoms with Gasteiger partial charge < -0.3 is 33.8 Å². The topological polar surface area (TPSA) is 237 Å². The molecule has 0 aliphatic rings. The van der Waals surface area contributed by atoms with Crippen molar-refractivity contribution >= 4 is 39.5 Å². The van der Waals surface area contributed by atoms with Crippen LogP contribution in [0.2, 0.25) is 0 Å². The Labute approximate surface area is 585 Å². The van der Waals surface area contributed by atoms with Crippen LogP contribution in [0.4, 0.5) is 0 Å². The largest absolute Gasteiger partial charge is 0.472 e. The summed E-state index contributed by atoms with van der Waals surface area (Å²) >= 11 is 0. The molecule has 0 heterocycles. The maximum Gasteiger partial charge on any atom is 0.472 e. The van der Waals surface area contributed by atoms with Crippen molar-refractivity contribution in [2.24, 2.45) is 0 Å². The Morgan fingerprint density at radius 1 is 0.292 bits per heavy atom. The number of phosphoric acid groups is 2. The molecule has 0 spiro atoms. The normalized spacial score (nSPS) is 14.2. The summed E-state index contributed by atoms with van der Waals surface area (Å²) < 4.78 is 68.5. The van der Waals surface area contributed by atoms with Gasteiger partial charge in [-0.1, -0.05) is 282 Å². The van der Waals surface area contributed by atoms with Gasteiger partial charge in [0.25, 0.3) is 0 Å². The van der Waals surface area contributed by atoms with Gasteiger partial charge in [-0.2, -0.15) is 0 Å². The lowest BCUT2D eigenvalue weighted by Gasteiger charge is -2.21. The third-order valence-corrected chi connectivity index (χ3v) is 18.7. The number of hydrogen-bond acceptors (Lipinski definition) is 15. The summed E-state index contributed by atoms with van der Waals surface area (Å²) in [6, 6.07) is 0. The Morgan fingerprint density at radius 3 is 0.833 bits per heavy atom. The van der Waals surface area contributed by atoms with Gasteiger partial charge >= 0.3 is 39.5 Å². The summed E-state index contributed by atoms with van der Waals surface area (Å²) in [6.07, 6.45) is 66.7. The van der Waals surface area contributed by atoms with Crippen LogP contribution in [-0.4, -0.2) is 96.7 Å². The Bertz CT molecular complexity index is 2010. The minimum Gasteiger partial charge on any atom is -0.462 e. The fraction of sp³-hybridized carbons (Fsp3) is 0.844. The minimum absolute atomic E-state index is 0.0875. The SMILES string of the molecule is CCCC/C=C\CCCCCCCC(=O)OC(COC(=O)CCCCCCC/C=C\CCCCCCCC)COP(=O)(O)OCC(O)COP(=O)(O)OCC(COC(=O)CCCCCCC/C=C\C/C=C\CCCCC)OC(=O)CCCCCCCCCCCCCCCCC. The average molecular weight is 1400 g/mol. The van der Waals surface area contributed by atoms with E-state index in [0.717, 1.165) is 148 Å². The van der Waals surface area contributed by atoms with E-state index in [1.165, 1.54) is 135 Å². The van der Waals surface area contributed by atoms with Crippen molar-refractivity contribution in [3.05, 3.63) is 48.6 Å². The summed E-state index contributed by atoms with van der Waals surface area (Å²) in [7, 11) is -9.93. The van der Waals surface area contributed by atoms with E-state index in [0.29, 0.717) is 25.7 Å². The van der Waals surface area contributed by atoms with Crippen LogP contribution in [0.5, 0.6) is 0 Å². The van der Waals surface area contributed by atoms with Gasteiger partial charge in [0.2, 0.25) is 0 Å². The second kappa shape index (κ2) is 70.5. The van der Waals surface area contributed by atoms with Gasteiger partial charge in [0.05, 0.1) is 26.4 Å². The highest BCUT2D eigenvalue weighted by molar-refractivity contribution is 7.47. The number of aliphatic hydroxyl groups excluding tert-OH is 1. The highest BCUT2D eigenvalue weighted by Gasteiger charge is 2.30. The number of esters is 4. The first-order valence-corrected chi connectivity index (χ1v) is 41.9. The van der Waals surface area contributed by atoms with Crippen molar-refractivity contribution in [1.29, 1.82) is 0 Å². The van der Waals surface area contributed by atoms with Crippen LogP contribution < -0.4 is 0 Å². The van der Waals surface area contributed by atoms with E-state index >= 15 is 0 Å². The number of unbranched alkanes of at least 4 members (excludes halogenated alkanes) is 40. The van der Waals surface area contributed by atoms with E-state index in [4.69, 9.17) is 37.0 Å². The van der Waals surface area contributed by atoms with Crippen LogP contribution >= 0.6 is 15.6 Å². The zero-order valence-corrected chi connectivity index (χ0v) is 63.1. The lowest BCUT2D eigenvalue weighted by atomic mass is 10.0. The second-order valence-electron chi connectivity index (χ2n) is 26.3. The van der Waals surface area contributed by atoms with E-state index < -0.39 is 97.5 Å². The van der Waals surface area contributed by atoms with Gasteiger partial charge in [0.1, 0.15) is 19.3 Å². The number of allylic oxidation sites excluding steroid dienone is 8. The molecule has 5 atom stereocenters. The molecule has 17 nitrogen and oxygen atoms in total. The van der Waals surface area contributed by atoms with E-state index in [1.807, 2.05) is 0 Å². The number of ether oxygens (including phenoxy) is 4. The monoisotopic (exact) mass is 1400 g/mol. The number of hydrogen-bond donors (Lipinski definition) is 3. The van der Waals surface area contributed by atoms with Crippen LogP contribution in [0.1, 0.15) is 362 Å². The maximum absolute atomic E-state index is 13.1. The first-order chi connectivity index (χ1) is 46.7. The maximum atomic E-state index is 13.1. The Morgan fingerprint density at radius 2 is 0.521 bits per heavy atom. The Kier molecular flexibility index (Phi) is 68.3. The van der Waals surface area contributed by atoms with Gasteiger partial charge in [0, 0.05) is 25.7 Å². The highest BCUT2D eigenvalue weighted by Crippen LogP contribution is 2.45. The molecule has 0 rings (SSSR count). The molecule has 562 valence electrons. The molecule has 0 bridgehead atoms. The number of rotatable bonds is 74. The molecule has 5 unspecified atom stereocenters. The molecule has 3 N–H and O–H groups in total. The van der Waals surface area contributed by atoms with E-state index in [1.54, 1.807) is 0 Å². The Balaban J connectivity index is 5.30. The van der Waals surface area contributed by atoms with Crippen molar-refractivity contribution in [2.45, 2.75) is 380 Å². The highest BCUT2D eigenvalue weighted by atomic mass is 31.2. The van der Waals surface area contributed by atoms with Gasteiger partial charge in [-0.25, -0.2) is 9.13 Å². The van der Waals surface area contributed by atoms with Crippen molar-refractivity contribution in [3.63, 3.8) is 0 Å². The van der Waals surface area contributed by atoms with E-state index in [-0.39, 0.29) is 25.7 Å². The van der Waals surface area contributed by atoms with Gasteiger partial charge in [-0.05, 0) is 103 Å². The summed E-state index contributed by atoms with van der Waals surface area (Å²) in [4.78, 5) is 72.8. The molecule has 0 aromatic heterocycles. The lowest BCUT2D eigenvalue weighted by molar-refractivity contribution is -0.161. The molecule has 0 fully saturated rings. The first-order valence-electron chi connectivity index (χ1n) is 38.9. The first kappa shape index (κ1) is 93.0. The predicted octanol–water partition coefficient (Wildman–Crippen LogP) is 22.1. The predicted molar refractivity (Wildman–Crippen MR) is 390 cm³/mol. The third-order valence-electron chi connectivity index (χ3n) is 16.8. The van der Waals surface area contributed by atoms with Gasteiger partial charge in [0.15, 0.2) is 12.2 Å². The zero-order valence-electron chi connectivity index (χ0n) is 61.3. The third kappa shape index (κ3) is 69.5. The molecule has 0 aliphatic heterocycles. The van der Waals surface area contributed by atoms with Crippen molar-refractivity contribution in [3.8, 4) is 0 Å². The van der Waals surface area contributed by atoms with Gasteiger partial charge in [-0.3, -0.25) is 37.3 Å². The van der Waals surface area contributed by atoms with Crippen molar-refractivity contribution in [2.75, 3.05) is 39.6 Å². The Hall–Kier alpha value is -2.98. The fourth-order valence-corrected chi connectivity index (χ4v) is 12.3. The number of aliphatic hydroxyl groups is 1. The molecule has 19 heteroatoms. The minimum atomic E-state index is -4.97. The lowest BCUT2D eigenvalue weighted by Crippen LogP contribution is -2.30. The standard InChI is InChI=1S/C77H142O17P2/c1-5-9-13-17-21-25-29-32-35-38-42-45-49-53-57-61-74(79)87-67-72(93-76(81)63-59-55-51-47-41-28-24-20-16-12-8-4)69-91-95(83,84)89-65-71(78)66-90-96(85,86)92-70-73(94-77(82)64-60-56-52-48-44-40-37-34-31-27-23-19-15-11-7-3)68-88-75(80)62-58-54-50-46-43-39-36-33-30-26-22-18-14-10-6-2/h20,22,24,26,32-33,35-36,71-73,78H,5-19,21,23,25,27-31,34,37-70H2,1-4H3,(H,83,84)(H,85,86)/b24-20-,26-22-,35-32-,36-33-. The summed E-state index contributed by atoms with van der Waals surface area (Å²) in [5.74, 6) is -2.17.